The second-order valence-electron chi connectivity index (χ2n) is 4.48. The summed E-state index contributed by atoms with van der Waals surface area (Å²) >= 11 is 0. The summed E-state index contributed by atoms with van der Waals surface area (Å²) in [5.74, 6) is 0.527. The van der Waals surface area contributed by atoms with Crippen LogP contribution in [0.15, 0.2) is 0 Å². The Balaban J connectivity index is 1.66. The number of carbonyl (C=O) groups excluding carboxylic acids is 1. The molecule has 0 aromatic rings. The van der Waals surface area contributed by atoms with E-state index in [2.05, 4.69) is 5.32 Å². The zero-order valence-corrected chi connectivity index (χ0v) is 9.21. The quantitative estimate of drug-likeness (QED) is 0.748. The zero-order chi connectivity index (χ0) is 10.5. The highest BCUT2D eigenvalue weighted by Gasteiger charge is 2.20. The van der Waals surface area contributed by atoms with Crippen molar-refractivity contribution in [2.24, 2.45) is 5.92 Å². The molecule has 2 heterocycles. The van der Waals surface area contributed by atoms with Gasteiger partial charge in [-0.2, -0.15) is 0 Å². The van der Waals surface area contributed by atoms with E-state index < -0.39 is 0 Å². The van der Waals surface area contributed by atoms with E-state index in [1.807, 2.05) is 4.90 Å². The van der Waals surface area contributed by atoms with Crippen LogP contribution < -0.4 is 5.32 Å². The van der Waals surface area contributed by atoms with Gasteiger partial charge in [0.25, 0.3) is 0 Å². The average Bonchev–Trinajstić information content (AvgIpc) is 2.80. The van der Waals surface area contributed by atoms with Crippen LogP contribution in [0.2, 0.25) is 0 Å². The molecular formula is C11H20N2O2. The van der Waals surface area contributed by atoms with Gasteiger partial charge in [-0.1, -0.05) is 0 Å². The van der Waals surface area contributed by atoms with Crippen molar-refractivity contribution in [3.05, 3.63) is 0 Å². The van der Waals surface area contributed by atoms with Crippen LogP contribution in [-0.4, -0.2) is 43.8 Å². The molecule has 0 aromatic carbocycles. The van der Waals surface area contributed by atoms with Gasteiger partial charge in [-0.15, -0.1) is 0 Å². The predicted molar refractivity (Wildman–Crippen MR) is 57.7 cm³/mol. The number of ether oxygens (including phenoxy) is 1. The fraction of sp³-hybridized carbons (Fsp3) is 0.909. The molecule has 1 N–H and O–H groups in total. The number of rotatable bonds is 2. The Morgan fingerprint density at radius 2 is 2.13 bits per heavy atom. The molecule has 2 aliphatic heterocycles. The van der Waals surface area contributed by atoms with E-state index in [-0.39, 0.29) is 6.09 Å². The standard InChI is InChI=1S/C11H20N2O2/c14-11(13-6-2-1-3-7-13)15-9-10-4-5-12-8-10/h10,12H,1-9H2. The van der Waals surface area contributed by atoms with Gasteiger partial charge in [-0.25, -0.2) is 4.79 Å². The number of piperidine rings is 1. The Morgan fingerprint density at radius 3 is 2.80 bits per heavy atom. The van der Waals surface area contributed by atoms with Gasteiger partial charge in [0, 0.05) is 25.6 Å². The van der Waals surface area contributed by atoms with Gasteiger partial charge >= 0.3 is 6.09 Å². The molecule has 0 radical (unpaired) electrons. The van der Waals surface area contributed by atoms with Crippen molar-refractivity contribution in [3.63, 3.8) is 0 Å². The minimum absolute atomic E-state index is 0.110. The van der Waals surface area contributed by atoms with Crippen molar-refractivity contribution >= 4 is 6.09 Å². The number of nitrogens with one attached hydrogen (secondary N) is 1. The Labute approximate surface area is 91.0 Å². The Morgan fingerprint density at radius 1 is 1.33 bits per heavy atom. The molecule has 1 amide bonds. The van der Waals surface area contributed by atoms with Crippen molar-refractivity contribution in [1.29, 1.82) is 0 Å². The first kappa shape index (κ1) is 10.7. The van der Waals surface area contributed by atoms with Crippen LogP contribution in [0, 0.1) is 5.92 Å². The summed E-state index contributed by atoms with van der Waals surface area (Å²) in [5, 5.41) is 3.27. The number of hydrogen-bond donors (Lipinski definition) is 1. The molecule has 2 aliphatic rings. The molecule has 0 aliphatic carbocycles. The smallest absolute Gasteiger partial charge is 0.409 e. The lowest BCUT2D eigenvalue weighted by Crippen LogP contribution is -2.36. The van der Waals surface area contributed by atoms with E-state index in [1.54, 1.807) is 0 Å². The molecule has 0 aromatic heterocycles. The van der Waals surface area contributed by atoms with Gasteiger partial charge in [-0.3, -0.25) is 0 Å². The SMILES string of the molecule is O=C(OCC1CCNC1)N1CCCCC1. The van der Waals surface area contributed by atoms with E-state index in [0.717, 1.165) is 45.4 Å². The lowest BCUT2D eigenvalue weighted by Gasteiger charge is -2.26. The third-order valence-corrected chi connectivity index (χ3v) is 3.22. The number of carbonyl (C=O) groups is 1. The van der Waals surface area contributed by atoms with Crippen molar-refractivity contribution < 1.29 is 9.53 Å². The van der Waals surface area contributed by atoms with Gasteiger partial charge in [0.05, 0.1) is 6.61 Å². The number of hydrogen-bond acceptors (Lipinski definition) is 3. The molecule has 2 rings (SSSR count). The topological polar surface area (TPSA) is 41.6 Å². The maximum Gasteiger partial charge on any atom is 0.409 e. The molecule has 4 nitrogen and oxygen atoms in total. The average molecular weight is 212 g/mol. The highest BCUT2D eigenvalue weighted by Crippen LogP contribution is 2.12. The van der Waals surface area contributed by atoms with Crippen LogP contribution in [-0.2, 0) is 4.74 Å². The molecule has 0 bridgehead atoms. The first-order chi connectivity index (χ1) is 7.36. The monoisotopic (exact) mass is 212 g/mol. The van der Waals surface area contributed by atoms with E-state index in [4.69, 9.17) is 4.74 Å². The molecule has 4 heteroatoms. The van der Waals surface area contributed by atoms with Gasteiger partial charge in [0.15, 0.2) is 0 Å². The molecule has 15 heavy (non-hydrogen) atoms. The van der Waals surface area contributed by atoms with Crippen molar-refractivity contribution in [2.45, 2.75) is 25.7 Å². The third-order valence-electron chi connectivity index (χ3n) is 3.22. The molecule has 0 saturated carbocycles. The number of nitrogens with zero attached hydrogens (tertiary/aromatic N) is 1. The maximum absolute atomic E-state index is 11.6. The largest absolute Gasteiger partial charge is 0.449 e. The normalized spacial score (nSPS) is 26.7. The Bertz CT molecular complexity index is 209. The summed E-state index contributed by atoms with van der Waals surface area (Å²) in [6, 6.07) is 0. The molecular weight excluding hydrogens is 192 g/mol. The van der Waals surface area contributed by atoms with Crippen LogP contribution in [0.5, 0.6) is 0 Å². The Hall–Kier alpha value is -0.770. The molecule has 1 unspecified atom stereocenters. The summed E-state index contributed by atoms with van der Waals surface area (Å²) in [6.07, 6.45) is 4.52. The van der Waals surface area contributed by atoms with Crippen LogP contribution >= 0.6 is 0 Å². The minimum atomic E-state index is -0.110. The summed E-state index contributed by atoms with van der Waals surface area (Å²) in [4.78, 5) is 13.5. The first-order valence-corrected chi connectivity index (χ1v) is 5.98. The van der Waals surface area contributed by atoms with Gasteiger partial charge < -0.3 is 15.0 Å². The predicted octanol–water partition coefficient (Wildman–Crippen LogP) is 1.22. The fourth-order valence-corrected chi connectivity index (χ4v) is 2.21. The van der Waals surface area contributed by atoms with E-state index >= 15 is 0 Å². The first-order valence-electron chi connectivity index (χ1n) is 5.98. The molecule has 86 valence electrons. The Kier molecular flexibility index (Phi) is 3.83. The summed E-state index contributed by atoms with van der Waals surface area (Å²) < 4.78 is 5.31. The number of amides is 1. The third kappa shape index (κ3) is 3.09. The zero-order valence-electron chi connectivity index (χ0n) is 9.21. The van der Waals surface area contributed by atoms with Crippen LogP contribution in [0.25, 0.3) is 0 Å². The van der Waals surface area contributed by atoms with Gasteiger partial charge in [-0.05, 0) is 32.2 Å². The van der Waals surface area contributed by atoms with E-state index in [1.165, 1.54) is 6.42 Å². The summed E-state index contributed by atoms with van der Waals surface area (Å²) in [6.45, 7) is 4.39. The second-order valence-corrected chi connectivity index (χ2v) is 4.48. The van der Waals surface area contributed by atoms with Crippen molar-refractivity contribution in [3.8, 4) is 0 Å². The lowest BCUT2D eigenvalue weighted by atomic mass is 10.1. The fourth-order valence-electron chi connectivity index (χ4n) is 2.21. The molecule has 2 fully saturated rings. The van der Waals surface area contributed by atoms with E-state index in [9.17, 15) is 4.79 Å². The van der Waals surface area contributed by atoms with Crippen LogP contribution in [0.4, 0.5) is 4.79 Å². The maximum atomic E-state index is 11.6. The van der Waals surface area contributed by atoms with Crippen LogP contribution in [0.1, 0.15) is 25.7 Å². The van der Waals surface area contributed by atoms with Crippen molar-refractivity contribution in [1.82, 2.24) is 10.2 Å². The van der Waals surface area contributed by atoms with E-state index in [0.29, 0.717) is 12.5 Å². The summed E-state index contributed by atoms with van der Waals surface area (Å²) in [7, 11) is 0. The van der Waals surface area contributed by atoms with Crippen molar-refractivity contribution in [2.75, 3.05) is 32.8 Å². The number of likely N-dealkylation sites (tertiary alicyclic amines) is 1. The minimum Gasteiger partial charge on any atom is -0.449 e. The van der Waals surface area contributed by atoms with Gasteiger partial charge in [0.1, 0.15) is 0 Å². The highest BCUT2D eigenvalue weighted by atomic mass is 16.6. The molecule has 1 atom stereocenters. The lowest BCUT2D eigenvalue weighted by molar-refractivity contribution is 0.0838. The second kappa shape index (κ2) is 5.35. The van der Waals surface area contributed by atoms with Gasteiger partial charge in [0.2, 0.25) is 0 Å². The summed E-state index contributed by atoms with van der Waals surface area (Å²) in [5.41, 5.74) is 0. The molecule has 2 saturated heterocycles. The van der Waals surface area contributed by atoms with Crippen LogP contribution in [0.3, 0.4) is 0 Å². The highest BCUT2D eigenvalue weighted by molar-refractivity contribution is 5.67. The molecule has 0 spiro atoms.